The maximum absolute atomic E-state index is 12.3. The number of hydrogen-bond acceptors (Lipinski definition) is 4. The molecule has 0 atom stereocenters. The maximum Gasteiger partial charge on any atom is 0.169 e. The number of ether oxygens (including phenoxy) is 1. The second kappa shape index (κ2) is 5.77. The minimum absolute atomic E-state index is 0.0599. The first-order chi connectivity index (χ1) is 8.09. The van der Waals surface area contributed by atoms with Crippen LogP contribution in [0.25, 0.3) is 0 Å². The molecule has 1 rings (SSSR count). The SMILES string of the molecule is CCC(CC)(OC)C(=O)Cc1cccnc1N. The molecule has 1 heterocycles. The third-order valence-electron chi connectivity index (χ3n) is 3.32. The Labute approximate surface area is 102 Å². The van der Waals surface area contributed by atoms with Crippen LogP contribution >= 0.6 is 0 Å². The van der Waals surface area contributed by atoms with Crippen molar-refractivity contribution in [2.45, 2.75) is 38.7 Å². The summed E-state index contributed by atoms with van der Waals surface area (Å²) < 4.78 is 5.40. The Kier molecular flexibility index (Phi) is 4.63. The molecule has 0 bridgehead atoms. The molecule has 17 heavy (non-hydrogen) atoms. The molecule has 0 unspecified atom stereocenters. The van der Waals surface area contributed by atoms with E-state index in [1.165, 1.54) is 0 Å². The van der Waals surface area contributed by atoms with Crippen molar-refractivity contribution in [2.24, 2.45) is 0 Å². The molecule has 0 aliphatic carbocycles. The van der Waals surface area contributed by atoms with Gasteiger partial charge in [0.05, 0.1) is 0 Å². The van der Waals surface area contributed by atoms with Crippen LogP contribution in [0.5, 0.6) is 0 Å². The van der Waals surface area contributed by atoms with E-state index >= 15 is 0 Å². The molecule has 94 valence electrons. The number of nitrogens with zero attached hydrogens (tertiary/aromatic N) is 1. The molecule has 0 saturated heterocycles. The number of pyridine rings is 1. The molecule has 2 N–H and O–H groups in total. The molecule has 0 amide bonds. The molecule has 1 aromatic heterocycles. The van der Waals surface area contributed by atoms with Crippen molar-refractivity contribution in [3.63, 3.8) is 0 Å². The van der Waals surface area contributed by atoms with Crippen molar-refractivity contribution in [1.82, 2.24) is 4.98 Å². The van der Waals surface area contributed by atoms with E-state index in [4.69, 9.17) is 10.5 Å². The van der Waals surface area contributed by atoms with Crippen molar-refractivity contribution in [3.8, 4) is 0 Å². The fourth-order valence-corrected chi connectivity index (χ4v) is 1.98. The number of anilines is 1. The number of carbonyl (C=O) groups excluding carboxylic acids is 1. The number of aromatic nitrogens is 1. The highest BCUT2D eigenvalue weighted by Crippen LogP contribution is 2.23. The molecular weight excluding hydrogens is 216 g/mol. The Morgan fingerprint density at radius 3 is 2.59 bits per heavy atom. The average Bonchev–Trinajstić information content (AvgIpc) is 2.35. The van der Waals surface area contributed by atoms with Crippen LogP contribution in [-0.4, -0.2) is 23.5 Å². The topological polar surface area (TPSA) is 65.2 Å². The molecular formula is C13H20N2O2. The van der Waals surface area contributed by atoms with Gasteiger partial charge >= 0.3 is 0 Å². The minimum atomic E-state index is -0.692. The van der Waals surface area contributed by atoms with Gasteiger partial charge in [-0.1, -0.05) is 19.9 Å². The Balaban J connectivity index is 2.88. The molecule has 4 heteroatoms. The first-order valence-electron chi connectivity index (χ1n) is 5.87. The van der Waals surface area contributed by atoms with Crippen molar-refractivity contribution >= 4 is 11.6 Å². The molecule has 0 radical (unpaired) electrons. The van der Waals surface area contributed by atoms with E-state index in [0.717, 1.165) is 5.56 Å². The quantitative estimate of drug-likeness (QED) is 0.820. The summed E-state index contributed by atoms with van der Waals surface area (Å²) in [6.07, 6.45) is 3.22. The van der Waals surface area contributed by atoms with Crippen LogP contribution in [0.15, 0.2) is 18.3 Å². The summed E-state index contributed by atoms with van der Waals surface area (Å²) in [4.78, 5) is 16.2. The molecule has 0 aliphatic rings. The van der Waals surface area contributed by atoms with E-state index in [2.05, 4.69) is 4.98 Å². The molecule has 0 spiro atoms. The first-order valence-corrected chi connectivity index (χ1v) is 5.87. The van der Waals surface area contributed by atoms with Crippen LogP contribution in [0.2, 0.25) is 0 Å². The summed E-state index contributed by atoms with van der Waals surface area (Å²) in [5, 5.41) is 0. The van der Waals surface area contributed by atoms with Crippen LogP contribution < -0.4 is 5.73 Å². The Hall–Kier alpha value is -1.42. The van der Waals surface area contributed by atoms with E-state index in [0.29, 0.717) is 18.7 Å². The standard InChI is InChI=1S/C13H20N2O2/c1-4-13(5-2,17-3)11(16)9-10-7-6-8-15-12(10)14/h6-8H,4-5,9H2,1-3H3,(H2,14,15). The van der Waals surface area contributed by atoms with Crippen LogP contribution in [0.3, 0.4) is 0 Å². The summed E-state index contributed by atoms with van der Waals surface area (Å²) in [6, 6.07) is 3.61. The van der Waals surface area contributed by atoms with Gasteiger partial charge in [-0.3, -0.25) is 4.79 Å². The van der Waals surface area contributed by atoms with Gasteiger partial charge in [0.1, 0.15) is 11.4 Å². The number of nitrogen functional groups attached to an aromatic ring is 1. The van der Waals surface area contributed by atoms with E-state index in [-0.39, 0.29) is 12.2 Å². The second-order valence-corrected chi connectivity index (χ2v) is 4.05. The van der Waals surface area contributed by atoms with Crippen LogP contribution in [0.4, 0.5) is 5.82 Å². The van der Waals surface area contributed by atoms with Gasteiger partial charge in [0.2, 0.25) is 0 Å². The van der Waals surface area contributed by atoms with Gasteiger partial charge in [0.25, 0.3) is 0 Å². The molecule has 0 saturated carbocycles. The zero-order valence-corrected chi connectivity index (χ0v) is 10.7. The first kappa shape index (κ1) is 13.6. The van der Waals surface area contributed by atoms with Crippen LogP contribution in [0, 0.1) is 0 Å². The lowest BCUT2D eigenvalue weighted by Crippen LogP contribution is -2.40. The smallest absolute Gasteiger partial charge is 0.169 e. The summed E-state index contributed by atoms with van der Waals surface area (Å²) in [6.45, 7) is 3.91. The van der Waals surface area contributed by atoms with Gasteiger partial charge in [-0.15, -0.1) is 0 Å². The van der Waals surface area contributed by atoms with E-state index in [1.807, 2.05) is 19.9 Å². The lowest BCUT2D eigenvalue weighted by molar-refractivity contribution is -0.141. The molecule has 1 aromatic rings. The fraction of sp³-hybridized carbons (Fsp3) is 0.538. The number of methoxy groups -OCH3 is 1. The van der Waals surface area contributed by atoms with Crippen molar-refractivity contribution < 1.29 is 9.53 Å². The highest BCUT2D eigenvalue weighted by atomic mass is 16.5. The predicted molar refractivity (Wildman–Crippen MR) is 67.7 cm³/mol. The Bertz CT molecular complexity index is 378. The van der Waals surface area contributed by atoms with Gasteiger partial charge in [-0.25, -0.2) is 4.98 Å². The van der Waals surface area contributed by atoms with Crippen LogP contribution in [0.1, 0.15) is 32.3 Å². The number of nitrogens with two attached hydrogens (primary N) is 1. The van der Waals surface area contributed by atoms with E-state index in [9.17, 15) is 4.79 Å². The lowest BCUT2D eigenvalue weighted by atomic mass is 9.88. The zero-order valence-electron chi connectivity index (χ0n) is 10.7. The highest BCUT2D eigenvalue weighted by molar-refractivity contribution is 5.89. The minimum Gasteiger partial charge on any atom is -0.383 e. The summed E-state index contributed by atoms with van der Waals surface area (Å²) in [7, 11) is 1.58. The monoisotopic (exact) mass is 236 g/mol. The fourth-order valence-electron chi connectivity index (χ4n) is 1.98. The maximum atomic E-state index is 12.3. The largest absolute Gasteiger partial charge is 0.383 e. The van der Waals surface area contributed by atoms with Crippen molar-refractivity contribution in [1.29, 1.82) is 0 Å². The number of hydrogen-bond donors (Lipinski definition) is 1. The number of ketones is 1. The zero-order chi connectivity index (χ0) is 12.9. The van der Waals surface area contributed by atoms with Gasteiger partial charge in [-0.05, 0) is 18.9 Å². The van der Waals surface area contributed by atoms with E-state index < -0.39 is 5.60 Å². The van der Waals surface area contributed by atoms with Gasteiger partial charge in [0, 0.05) is 25.3 Å². The van der Waals surface area contributed by atoms with Gasteiger partial charge in [-0.2, -0.15) is 0 Å². The lowest BCUT2D eigenvalue weighted by Gasteiger charge is -2.28. The Morgan fingerprint density at radius 1 is 1.47 bits per heavy atom. The predicted octanol–water partition coefficient (Wildman–Crippen LogP) is 1.98. The number of carbonyl (C=O) groups is 1. The van der Waals surface area contributed by atoms with Crippen molar-refractivity contribution in [2.75, 3.05) is 12.8 Å². The molecule has 0 aromatic carbocycles. The van der Waals surface area contributed by atoms with Gasteiger partial charge < -0.3 is 10.5 Å². The summed E-state index contributed by atoms with van der Waals surface area (Å²) >= 11 is 0. The molecule has 0 fully saturated rings. The highest BCUT2D eigenvalue weighted by Gasteiger charge is 2.34. The number of Topliss-reactive ketones (excluding diaryl/α,β-unsaturated/α-hetero) is 1. The normalized spacial score (nSPS) is 11.5. The number of rotatable bonds is 6. The van der Waals surface area contributed by atoms with E-state index in [1.54, 1.807) is 19.4 Å². The third-order valence-corrected chi connectivity index (χ3v) is 3.32. The van der Waals surface area contributed by atoms with Gasteiger partial charge in [0.15, 0.2) is 5.78 Å². The summed E-state index contributed by atoms with van der Waals surface area (Å²) in [5.74, 6) is 0.475. The molecule has 4 nitrogen and oxygen atoms in total. The second-order valence-electron chi connectivity index (χ2n) is 4.05. The van der Waals surface area contributed by atoms with Crippen LogP contribution in [-0.2, 0) is 16.0 Å². The summed E-state index contributed by atoms with van der Waals surface area (Å²) in [5.41, 5.74) is 5.80. The average molecular weight is 236 g/mol. The van der Waals surface area contributed by atoms with Crippen molar-refractivity contribution in [3.05, 3.63) is 23.9 Å². The molecule has 0 aliphatic heterocycles. The Morgan fingerprint density at radius 2 is 2.12 bits per heavy atom. The third kappa shape index (κ3) is 2.82.